The maximum Gasteiger partial charge on any atom is 0.222 e. The van der Waals surface area contributed by atoms with Crippen molar-refractivity contribution in [2.24, 2.45) is 0 Å². The van der Waals surface area contributed by atoms with Crippen LogP contribution in [-0.4, -0.2) is 56.5 Å². The number of amides is 1. The smallest absolute Gasteiger partial charge is 0.222 e. The highest BCUT2D eigenvalue weighted by Gasteiger charge is 2.32. The Bertz CT molecular complexity index is 400. The van der Waals surface area contributed by atoms with E-state index in [0.29, 0.717) is 12.8 Å². The molecule has 0 N–H and O–H groups in total. The largest absolute Gasteiger partial charge is 0.378 e. The van der Waals surface area contributed by atoms with Crippen molar-refractivity contribution in [3.8, 4) is 0 Å². The maximum atomic E-state index is 12.0. The van der Waals surface area contributed by atoms with E-state index in [4.69, 9.17) is 4.74 Å². The lowest BCUT2D eigenvalue weighted by Crippen LogP contribution is -2.38. The Morgan fingerprint density at radius 2 is 2.17 bits per heavy atom. The Morgan fingerprint density at radius 1 is 1.39 bits per heavy atom. The van der Waals surface area contributed by atoms with Crippen LogP contribution in [0.25, 0.3) is 0 Å². The van der Waals surface area contributed by atoms with E-state index in [1.807, 2.05) is 0 Å². The van der Waals surface area contributed by atoms with Crippen molar-refractivity contribution in [3.05, 3.63) is 0 Å². The summed E-state index contributed by atoms with van der Waals surface area (Å²) in [6.45, 7) is 0.801. The number of hydrogen-bond acceptors (Lipinski definition) is 4. The van der Waals surface area contributed by atoms with Crippen molar-refractivity contribution in [2.75, 3.05) is 25.2 Å². The van der Waals surface area contributed by atoms with Gasteiger partial charge >= 0.3 is 0 Å². The molecule has 0 aliphatic carbocycles. The van der Waals surface area contributed by atoms with Gasteiger partial charge in [0.1, 0.15) is 0 Å². The number of nitrogens with zero attached hydrogens (tertiary/aromatic N) is 1. The quantitative estimate of drug-likeness (QED) is 0.753. The van der Waals surface area contributed by atoms with Gasteiger partial charge < -0.3 is 9.64 Å². The third-order valence-corrected chi connectivity index (χ3v) is 5.60. The average Bonchev–Trinajstić information content (AvgIpc) is 2.94. The van der Waals surface area contributed by atoms with E-state index in [2.05, 4.69) is 0 Å². The van der Waals surface area contributed by atoms with Crippen molar-refractivity contribution in [1.29, 1.82) is 0 Å². The van der Waals surface area contributed by atoms with Crippen LogP contribution in [0.15, 0.2) is 0 Å². The van der Waals surface area contributed by atoms with Gasteiger partial charge in [-0.05, 0) is 25.7 Å². The molecule has 18 heavy (non-hydrogen) atoms. The Morgan fingerprint density at radius 3 is 2.72 bits per heavy atom. The number of sulfone groups is 1. The van der Waals surface area contributed by atoms with Crippen LogP contribution in [-0.2, 0) is 19.4 Å². The second-order valence-electron chi connectivity index (χ2n) is 5.24. The molecule has 2 saturated heterocycles. The van der Waals surface area contributed by atoms with Crippen molar-refractivity contribution >= 4 is 15.7 Å². The first kappa shape index (κ1) is 13.8. The summed E-state index contributed by atoms with van der Waals surface area (Å²) in [5.74, 6) is 0.364. The zero-order valence-corrected chi connectivity index (χ0v) is 11.6. The van der Waals surface area contributed by atoms with Crippen LogP contribution in [0.3, 0.4) is 0 Å². The highest BCUT2D eigenvalue weighted by molar-refractivity contribution is 7.91. The van der Waals surface area contributed by atoms with E-state index >= 15 is 0 Å². The molecule has 6 heteroatoms. The average molecular weight is 275 g/mol. The van der Waals surface area contributed by atoms with Gasteiger partial charge in [0, 0.05) is 26.1 Å². The molecule has 0 spiro atoms. The van der Waals surface area contributed by atoms with Gasteiger partial charge in [-0.15, -0.1) is 0 Å². The predicted molar refractivity (Wildman–Crippen MR) is 68.0 cm³/mol. The lowest BCUT2D eigenvalue weighted by Gasteiger charge is -2.24. The lowest BCUT2D eigenvalue weighted by molar-refractivity contribution is -0.132. The van der Waals surface area contributed by atoms with Gasteiger partial charge in [-0.1, -0.05) is 0 Å². The molecular weight excluding hydrogens is 254 g/mol. The van der Waals surface area contributed by atoms with E-state index in [1.165, 1.54) is 0 Å². The van der Waals surface area contributed by atoms with Crippen LogP contribution in [0.5, 0.6) is 0 Å². The molecule has 0 saturated carbocycles. The minimum atomic E-state index is -2.92. The lowest BCUT2D eigenvalue weighted by atomic mass is 10.1. The molecule has 0 radical (unpaired) electrons. The third-order valence-electron chi connectivity index (χ3n) is 3.85. The molecule has 2 atom stereocenters. The molecule has 0 aromatic carbocycles. The van der Waals surface area contributed by atoms with Gasteiger partial charge in [0.2, 0.25) is 5.91 Å². The van der Waals surface area contributed by atoms with E-state index in [0.717, 1.165) is 25.9 Å². The molecule has 1 amide bonds. The zero-order valence-electron chi connectivity index (χ0n) is 10.8. The van der Waals surface area contributed by atoms with Crippen LogP contribution in [0.2, 0.25) is 0 Å². The number of carbonyl (C=O) groups excluding carboxylic acids is 1. The molecule has 2 aliphatic rings. The second-order valence-corrected chi connectivity index (χ2v) is 7.46. The minimum Gasteiger partial charge on any atom is -0.378 e. The summed E-state index contributed by atoms with van der Waals surface area (Å²) in [5, 5.41) is 0. The summed E-state index contributed by atoms with van der Waals surface area (Å²) in [6, 6.07) is -0.132. The third kappa shape index (κ3) is 3.45. The van der Waals surface area contributed by atoms with E-state index < -0.39 is 9.84 Å². The van der Waals surface area contributed by atoms with E-state index in [1.54, 1.807) is 11.9 Å². The molecule has 104 valence electrons. The van der Waals surface area contributed by atoms with E-state index in [-0.39, 0.29) is 29.6 Å². The first-order chi connectivity index (χ1) is 8.48. The first-order valence-electron chi connectivity index (χ1n) is 6.55. The second kappa shape index (κ2) is 5.57. The van der Waals surface area contributed by atoms with Gasteiger partial charge in [-0.2, -0.15) is 0 Å². The fraction of sp³-hybridized carbons (Fsp3) is 0.917. The molecule has 2 aliphatic heterocycles. The fourth-order valence-electron chi connectivity index (χ4n) is 2.62. The molecular formula is C12H21NO4S. The molecule has 2 heterocycles. The highest BCUT2D eigenvalue weighted by atomic mass is 32.2. The topological polar surface area (TPSA) is 63.7 Å². The first-order valence-corrected chi connectivity index (χ1v) is 8.38. The highest BCUT2D eigenvalue weighted by Crippen LogP contribution is 2.20. The number of hydrogen-bond donors (Lipinski definition) is 0. The maximum absolute atomic E-state index is 12.0. The molecule has 0 aromatic rings. The monoisotopic (exact) mass is 275 g/mol. The van der Waals surface area contributed by atoms with Crippen molar-refractivity contribution in [2.45, 2.75) is 44.2 Å². The van der Waals surface area contributed by atoms with Crippen LogP contribution >= 0.6 is 0 Å². The molecule has 5 nitrogen and oxygen atoms in total. The van der Waals surface area contributed by atoms with Crippen LogP contribution in [0.1, 0.15) is 32.1 Å². The Hall–Kier alpha value is -0.620. The van der Waals surface area contributed by atoms with Gasteiger partial charge in [0.15, 0.2) is 9.84 Å². The molecule has 0 bridgehead atoms. The van der Waals surface area contributed by atoms with Crippen molar-refractivity contribution in [3.63, 3.8) is 0 Å². The van der Waals surface area contributed by atoms with Crippen LogP contribution < -0.4 is 0 Å². The predicted octanol–water partition coefficient (Wildman–Crippen LogP) is 0.591. The number of rotatable bonds is 4. The summed E-state index contributed by atoms with van der Waals surface area (Å²) >= 11 is 0. The molecule has 2 rings (SSSR count). The SMILES string of the molecule is CN(C(=O)CC[C@H]1CCCO1)[C@@H]1CCS(=O)(=O)C1. The Labute approximate surface area is 108 Å². The summed E-state index contributed by atoms with van der Waals surface area (Å²) in [4.78, 5) is 13.6. The summed E-state index contributed by atoms with van der Waals surface area (Å²) in [6.07, 6.45) is 4.12. The standard InChI is InChI=1S/C12H21NO4S/c1-13(10-6-8-18(15,16)9-10)12(14)5-4-11-3-2-7-17-11/h10-11H,2-9H2,1H3/t10-,11-/m1/s1. The zero-order chi connectivity index (χ0) is 13.2. The minimum absolute atomic E-state index is 0.0348. The number of carbonyl (C=O) groups is 1. The van der Waals surface area contributed by atoms with Gasteiger partial charge in [0.25, 0.3) is 0 Å². The normalized spacial score (nSPS) is 30.5. The van der Waals surface area contributed by atoms with E-state index in [9.17, 15) is 13.2 Å². The van der Waals surface area contributed by atoms with Crippen molar-refractivity contribution in [1.82, 2.24) is 4.90 Å². The fourth-order valence-corrected chi connectivity index (χ4v) is 4.39. The summed E-state index contributed by atoms with van der Waals surface area (Å²) in [5.41, 5.74) is 0. The van der Waals surface area contributed by atoms with Crippen LogP contribution in [0.4, 0.5) is 0 Å². The van der Waals surface area contributed by atoms with Gasteiger partial charge in [-0.25, -0.2) is 8.42 Å². The van der Waals surface area contributed by atoms with Gasteiger partial charge in [-0.3, -0.25) is 4.79 Å². The Balaban J connectivity index is 1.78. The molecule has 0 unspecified atom stereocenters. The van der Waals surface area contributed by atoms with Crippen molar-refractivity contribution < 1.29 is 17.9 Å². The molecule has 2 fully saturated rings. The number of ether oxygens (including phenoxy) is 1. The van der Waals surface area contributed by atoms with Gasteiger partial charge in [0.05, 0.1) is 17.6 Å². The summed E-state index contributed by atoms with van der Waals surface area (Å²) < 4.78 is 28.2. The Kier molecular flexibility index (Phi) is 4.27. The van der Waals surface area contributed by atoms with Crippen LogP contribution in [0, 0.1) is 0 Å². The molecule has 0 aromatic heterocycles. The summed E-state index contributed by atoms with van der Waals surface area (Å²) in [7, 11) is -1.21.